The van der Waals surface area contributed by atoms with Crippen molar-refractivity contribution in [2.75, 3.05) is 11.9 Å². The molecule has 0 amide bonds. The Morgan fingerprint density at radius 1 is 1.45 bits per heavy atom. The SMILES string of the molecule is CN(Cc1ccc(Cl)s1)c1ccc(C(=N)N)c(Br)c1F. The maximum Gasteiger partial charge on any atom is 0.161 e. The van der Waals surface area contributed by atoms with Crippen molar-refractivity contribution in [2.24, 2.45) is 5.73 Å². The minimum atomic E-state index is -0.428. The number of hydrogen-bond donors (Lipinski definition) is 2. The van der Waals surface area contributed by atoms with Crippen molar-refractivity contribution >= 4 is 50.4 Å². The monoisotopic (exact) mass is 375 g/mol. The molecule has 3 N–H and O–H groups in total. The molecule has 0 aliphatic carbocycles. The Morgan fingerprint density at radius 3 is 2.70 bits per heavy atom. The lowest BCUT2D eigenvalue weighted by molar-refractivity contribution is 0.615. The third-order valence-electron chi connectivity index (χ3n) is 2.79. The fourth-order valence-electron chi connectivity index (χ4n) is 1.80. The van der Waals surface area contributed by atoms with Gasteiger partial charge in [0, 0.05) is 17.5 Å². The minimum absolute atomic E-state index is 0.171. The second-order valence-corrected chi connectivity index (χ2v) is 6.83. The van der Waals surface area contributed by atoms with Crippen LogP contribution in [0.4, 0.5) is 10.1 Å². The summed E-state index contributed by atoms with van der Waals surface area (Å²) in [6.07, 6.45) is 0. The van der Waals surface area contributed by atoms with Crippen LogP contribution in [0.1, 0.15) is 10.4 Å². The Balaban J connectivity index is 2.28. The topological polar surface area (TPSA) is 53.1 Å². The van der Waals surface area contributed by atoms with E-state index in [1.807, 2.05) is 12.1 Å². The van der Waals surface area contributed by atoms with Gasteiger partial charge in [0.05, 0.1) is 21.0 Å². The summed E-state index contributed by atoms with van der Waals surface area (Å²) in [5, 5.41) is 7.39. The van der Waals surface area contributed by atoms with Crippen molar-refractivity contribution < 1.29 is 4.39 Å². The molecule has 7 heteroatoms. The van der Waals surface area contributed by atoms with Crippen molar-refractivity contribution in [1.29, 1.82) is 5.41 Å². The van der Waals surface area contributed by atoms with E-state index in [9.17, 15) is 4.39 Å². The Labute approximate surface area is 133 Å². The van der Waals surface area contributed by atoms with Crippen LogP contribution in [-0.2, 0) is 6.54 Å². The molecule has 1 heterocycles. The number of nitrogens with two attached hydrogens (primary N) is 1. The quantitative estimate of drug-likeness (QED) is 0.620. The standard InChI is InChI=1S/C13H12BrClFN3S/c1-19(6-7-2-5-10(15)20-7)9-4-3-8(13(17)18)11(14)12(9)16/h2-5H,6H2,1H3,(H3,17,18). The molecule has 2 aromatic rings. The molecule has 1 aromatic carbocycles. The summed E-state index contributed by atoms with van der Waals surface area (Å²) < 4.78 is 15.2. The van der Waals surface area contributed by atoms with Gasteiger partial charge < -0.3 is 10.6 Å². The molecular weight excluding hydrogens is 365 g/mol. The molecule has 0 aliphatic rings. The van der Waals surface area contributed by atoms with Gasteiger partial charge in [-0.3, -0.25) is 5.41 Å². The predicted octanol–water partition coefficient (Wildman–Crippen LogP) is 4.22. The van der Waals surface area contributed by atoms with Crippen molar-refractivity contribution in [2.45, 2.75) is 6.54 Å². The third kappa shape index (κ3) is 3.13. The summed E-state index contributed by atoms with van der Waals surface area (Å²) in [7, 11) is 1.80. The molecule has 20 heavy (non-hydrogen) atoms. The molecule has 2 rings (SSSR count). The molecular formula is C13H12BrClFN3S. The van der Waals surface area contributed by atoms with Gasteiger partial charge in [-0.2, -0.15) is 0 Å². The first kappa shape index (κ1) is 15.3. The molecule has 0 spiro atoms. The average molecular weight is 377 g/mol. The highest BCUT2D eigenvalue weighted by Gasteiger charge is 2.16. The zero-order valence-corrected chi connectivity index (χ0v) is 13.7. The van der Waals surface area contributed by atoms with E-state index in [2.05, 4.69) is 15.9 Å². The number of thiophene rings is 1. The lowest BCUT2D eigenvalue weighted by Crippen LogP contribution is -2.19. The normalized spacial score (nSPS) is 10.6. The maximum absolute atomic E-state index is 14.3. The molecule has 0 atom stereocenters. The first-order valence-corrected chi connectivity index (χ1v) is 7.66. The Kier molecular flexibility index (Phi) is 4.67. The van der Waals surface area contributed by atoms with Crippen LogP contribution in [0.15, 0.2) is 28.7 Å². The van der Waals surface area contributed by atoms with Crippen LogP contribution < -0.4 is 10.6 Å². The molecule has 0 saturated carbocycles. The molecule has 106 valence electrons. The van der Waals surface area contributed by atoms with Gasteiger partial charge in [-0.05, 0) is 40.2 Å². The van der Waals surface area contributed by atoms with Gasteiger partial charge in [0.25, 0.3) is 0 Å². The van der Waals surface area contributed by atoms with E-state index in [1.54, 1.807) is 24.1 Å². The third-order valence-corrected chi connectivity index (χ3v) is 4.78. The largest absolute Gasteiger partial charge is 0.384 e. The van der Waals surface area contributed by atoms with E-state index in [4.69, 9.17) is 22.7 Å². The van der Waals surface area contributed by atoms with Gasteiger partial charge in [-0.25, -0.2) is 4.39 Å². The van der Waals surface area contributed by atoms with Crippen LogP contribution in [0.3, 0.4) is 0 Å². The highest BCUT2D eigenvalue weighted by molar-refractivity contribution is 9.10. The average Bonchev–Trinajstić information content (AvgIpc) is 2.77. The number of hydrogen-bond acceptors (Lipinski definition) is 3. The van der Waals surface area contributed by atoms with E-state index in [0.717, 1.165) is 4.88 Å². The van der Waals surface area contributed by atoms with E-state index in [0.29, 0.717) is 22.1 Å². The van der Waals surface area contributed by atoms with Crippen LogP contribution in [0, 0.1) is 11.2 Å². The fourth-order valence-corrected chi connectivity index (χ4v) is 3.49. The Bertz CT molecular complexity index is 659. The molecule has 1 aromatic heterocycles. The highest BCUT2D eigenvalue weighted by Crippen LogP contribution is 2.30. The summed E-state index contributed by atoms with van der Waals surface area (Å²) in [5.74, 6) is -0.599. The number of rotatable bonds is 4. The molecule has 0 aliphatic heterocycles. The zero-order valence-electron chi connectivity index (χ0n) is 10.6. The van der Waals surface area contributed by atoms with Gasteiger partial charge in [0.15, 0.2) is 5.82 Å². The van der Waals surface area contributed by atoms with E-state index >= 15 is 0 Å². The van der Waals surface area contributed by atoms with E-state index < -0.39 is 5.82 Å². The predicted molar refractivity (Wildman–Crippen MR) is 86.6 cm³/mol. The van der Waals surface area contributed by atoms with Crippen LogP contribution in [0.25, 0.3) is 0 Å². The second kappa shape index (κ2) is 6.11. The summed E-state index contributed by atoms with van der Waals surface area (Å²) in [4.78, 5) is 2.83. The molecule has 0 saturated heterocycles. The fraction of sp³-hybridized carbons (Fsp3) is 0.154. The maximum atomic E-state index is 14.3. The van der Waals surface area contributed by atoms with Gasteiger partial charge in [-0.1, -0.05) is 11.6 Å². The summed E-state index contributed by atoms with van der Waals surface area (Å²) in [5.41, 5.74) is 6.18. The second-order valence-electron chi connectivity index (χ2n) is 4.24. The van der Waals surface area contributed by atoms with Crippen molar-refractivity contribution in [1.82, 2.24) is 0 Å². The summed E-state index contributed by atoms with van der Waals surface area (Å²) >= 11 is 10.5. The first-order valence-electron chi connectivity index (χ1n) is 5.68. The van der Waals surface area contributed by atoms with Gasteiger partial charge in [0.1, 0.15) is 5.84 Å². The number of amidine groups is 1. The number of benzene rings is 1. The van der Waals surface area contributed by atoms with Crippen molar-refractivity contribution in [3.05, 3.63) is 49.3 Å². The number of nitrogens with one attached hydrogen (secondary N) is 1. The minimum Gasteiger partial charge on any atom is -0.384 e. The van der Waals surface area contributed by atoms with Crippen LogP contribution in [-0.4, -0.2) is 12.9 Å². The molecule has 3 nitrogen and oxygen atoms in total. The molecule has 0 unspecified atom stereocenters. The summed E-state index contributed by atoms with van der Waals surface area (Å²) in [6.45, 7) is 0.556. The van der Waals surface area contributed by atoms with Gasteiger partial charge >= 0.3 is 0 Å². The van der Waals surface area contributed by atoms with Crippen molar-refractivity contribution in [3.63, 3.8) is 0 Å². The van der Waals surface area contributed by atoms with Crippen LogP contribution in [0.2, 0.25) is 4.34 Å². The molecule has 0 fully saturated rings. The van der Waals surface area contributed by atoms with E-state index in [1.165, 1.54) is 11.3 Å². The smallest absolute Gasteiger partial charge is 0.161 e. The van der Waals surface area contributed by atoms with Crippen LogP contribution >= 0.6 is 38.9 Å². The van der Waals surface area contributed by atoms with Crippen molar-refractivity contribution in [3.8, 4) is 0 Å². The lowest BCUT2D eigenvalue weighted by Gasteiger charge is -2.20. The van der Waals surface area contributed by atoms with Crippen LogP contribution in [0.5, 0.6) is 0 Å². The van der Waals surface area contributed by atoms with Gasteiger partial charge in [0.2, 0.25) is 0 Å². The Morgan fingerprint density at radius 2 is 2.15 bits per heavy atom. The lowest BCUT2D eigenvalue weighted by atomic mass is 10.1. The highest BCUT2D eigenvalue weighted by atomic mass is 79.9. The molecule has 0 bridgehead atoms. The summed E-state index contributed by atoms with van der Waals surface area (Å²) in [6, 6.07) is 6.98. The Hall–Kier alpha value is -1.11. The van der Waals surface area contributed by atoms with Gasteiger partial charge in [-0.15, -0.1) is 11.3 Å². The number of anilines is 1. The number of halogens is 3. The zero-order chi connectivity index (χ0) is 14.9. The number of nitrogens with zero attached hydrogens (tertiary/aromatic N) is 1. The van der Waals surface area contributed by atoms with E-state index in [-0.39, 0.29) is 10.3 Å². The first-order chi connectivity index (χ1) is 9.40. The molecule has 0 radical (unpaired) electrons. The number of nitrogen functional groups attached to an aromatic ring is 1.